The standard InChI is InChI=1S/C27H24ClF3N6O2/c1-36-9-11-37(12-10-36)25-16-32-23-8-6-20(15-24(23)35-25)39-19-4-2-3-17(13-19)33-26(38)34-18-5-7-22(28)21(14-18)27(29,30)31/h2-8,13-16H,9-12H2,1H3,(H2,33,34,38). The predicted octanol–water partition coefficient (Wildman–Crippen LogP) is 6.49. The number of hydrogen-bond donors (Lipinski definition) is 2. The average Bonchev–Trinajstić information content (AvgIpc) is 2.89. The lowest BCUT2D eigenvalue weighted by Crippen LogP contribution is -2.44. The first kappa shape index (κ1) is 26.5. The lowest BCUT2D eigenvalue weighted by atomic mass is 10.2. The first-order valence-electron chi connectivity index (χ1n) is 12.1. The predicted molar refractivity (Wildman–Crippen MR) is 145 cm³/mol. The summed E-state index contributed by atoms with van der Waals surface area (Å²) < 4.78 is 45.3. The lowest BCUT2D eigenvalue weighted by Gasteiger charge is -2.33. The Hall–Kier alpha value is -4.09. The van der Waals surface area contributed by atoms with E-state index >= 15 is 0 Å². The Morgan fingerprint density at radius 1 is 0.923 bits per heavy atom. The maximum Gasteiger partial charge on any atom is 0.417 e. The molecule has 4 aromatic rings. The van der Waals surface area contributed by atoms with Gasteiger partial charge in [0.25, 0.3) is 0 Å². The van der Waals surface area contributed by atoms with E-state index in [0.29, 0.717) is 22.7 Å². The number of amides is 2. The van der Waals surface area contributed by atoms with Crippen molar-refractivity contribution in [3.05, 3.63) is 77.4 Å². The minimum atomic E-state index is -4.64. The molecule has 202 valence electrons. The second kappa shape index (κ2) is 11.0. The third-order valence-electron chi connectivity index (χ3n) is 6.19. The lowest BCUT2D eigenvalue weighted by molar-refractivity contribution is -0.137. The van der Waals surface area contributed by atoms with E-state index in [4.69, 9.17) is 21.3 Å². The molecular formula is C27H24ClF3N6O2. The van der Waals surface area contributed by atoms with Gasteiger partial charge in [-0.1, -0.05) is 17.7 Å². The van der Waals surface area contributed by atoms with Crippen LogP contribution < -0.4 is 20.3 Å². The van der Waals surface area contributed by atoms with Gasteiger partial charge in [0.15, 0.2) is 0 Å². The molecule has 3 aromatic carbocycles. The number of benzene rings is 3. The van der Waals surface area contributed by atoms with Gasteiger partial charge in [-0.2, -0.15) is 13.2 Å². The van der Waals surface area contributed by atoms with Crippen molar-refractivity contribution in [2.45, 2.75) is 6.18 Å². The molecule has 0 bridgehead atoms. The van der Waals surface area contributed by atoms with Crippen molar-refractivity contribution in [1.82, 2.24) is 14.9 Å². The molecule has 1 aliphatic rings. The van der Waals surface area contributed by atoms with Crippen LogP contribution in [0, 0.1) is 0 Å². The van der Waals surface area contributed by atoms with Gasteiger partial charge >= 0.3 is 12.2 Å². The Morgan fingerprint density at radius 2 is 1.64 bits per heavy atom. The maximum atomic E-state index is 13.1. The number of carbonyl (C=O) groups excluding carboxylic acids is 1. The van der Waals surface area contributed by atoms with E-state index in [1.54, 1.807) is 42.6 Å². The van der Waals surface area contributed by atoms with Crippen molar-refractivity contribution in [2.75, 3.05) is 48.8 Å². The van der Waals surface area contributed by atoms with Crippen molar-refractivity contribution in [2.24, 2.45) is 0 Å². The third-order valence-corrected chi connectivity index (χ3v) is 6.52. The number of rotatable bonds is 5. The van der Waals surface area contributed by atoms with Gasteiger partial charge in [0.05, 0.1) is 27.8 Å². The fraction of sp³-hybridized carbons (Fsp3) is 0.222. The van der Waals surface area contributed by atoms with Crippen LogP contribution in [0.4, 0.5) is 35.2 Å². The van der Waals surface area contributed by atoms with Gasteiger partial charge in [0, 0.05) is 49.7 Å². The molecule has 5 rings (SSSR count). The first-order valence-corrected chi connectivity index (χ1v) is 12.4. The van der Waals surface area contributed by atoms with E-state index in [9.17, 15) is 18.0 Å². The fourth-order valence-corrected chi connectivity index (χ4v) is 4.34. The van der Waals surface area contributed by atoms with E-state index < -0.39 is 22.8 Å². The smallest absolute Gasteiger partial charge is 0.417 e. The summed E-state index contributed by atoms with van der Waals surface area (Å²) in [4.78, 5) is 26.2. The van der Waals surface area contributed by atoms with Crippen molar-refractivity contribution < 1.29 is 22.7 Å². The number of fused-ring (bicyclic) bond motifs is 1. The molecule has 0 saturated carbocycles. The molecule has 0 radical (unpaired) electrons. The highest BCUT2D eigenvalue weighted by molar-refractivity contribution is 6.31. The van der Waals surface area contributed by atoms with E-state index in [-0.39, 0.29) is 5.69 Å². The molecule has 2 amide bonds. The second-order valence-electron chi connectivity index (χ2n) is 9.07. The van der Waals surface area contributed by atoms with Gasteiger partial charge in [-0.15, -0.1) is 0 Å². The number of nitrogens with one attached hydrogen (secondary N) is 2. The van der Waals surface area contributed by atoms with Gasteiger partial charge in [-0.3, -0.25) is 4.98 Å². The number of alkyl halides is 3. The number of likely N-dealkylation sites (N-methyl/N-ethyl adjacent to an activating group) is 1. The number of nitrogens with zero attached hydrogens (tertiary/aromatic N) is 4. The van der Waals surface area contributed by atoms with Gasteiger partial charge in [-0.25, -0.2) is 9.78 Å². The second-order valence-corrected chi connectivity index (χ2v) is 9.48. The normalized spacial score (nSPS) is 14.3. The average molecular weight is 557 g/mol. The minimum Gasteiger partial charge on any atom is -0.457 e. The summed E-state index contributed by atoms with van der Waals surface area (Å²) in [5, 5.41) is 4.52. The maximum absolute atomic E-state index is 13.1. The van der Waals surface area contributed by atoms with E-state index in [1.165, 1.54) is 6.07 Å². The van der Waals surface area contributed by atoms with Gasteiger partial charge in [-0.05, 0) is 49.5 Å². The quantitative estimate of drug-likeness (QED) is 0.292. The first-order chi connectivity index (χ1) is 18.6. The fourth-order valence-electron chi connectivity index (χ4n) is 4.12. The summed E-state index contributed by atoms with van der Waals surface area (Å²) in [6.45, 7) is 3.67. The van der Waals surface area contributed by atoms with Crippen LogP contribution in [0.1, 0.15) is 5.56 Å². The molecule has 39 heavy (non-hydrogen) atoms. The Kier molecular flexibility index (Phi) is 7.45. The molecular weight excluding hydrogens is 533 g/mol. The van der Waals surface area contributed by atoms with E-state index in [0.717, 1.165) is 49.6 Å². The van der Waals surface area contributed by atoms with Crippen LogP contribution in [0.3, 0.4) is 0 Å². The molecule has 1 fully saturated rings. The summed E-state index contributed by atoms with van der Waals surface area (Å²) >= 11 is 5.64. The minimum absolute atomic E-state index is 0.0511. The van der Waals surface area contributed by atoms with Gasteiger partial charge in [0.1, 0.15) is 17.3 Å². The number of urea groups is 1. The number of piperazine rings is 1. The Labute approximate surface area is 227 Å². The summed E-state index contributed by atoms with van der Waals surface area (Å²) in [5.74, 6) is 1.80. The summed E-state index contributed by atoms with van der Waals surface area (Å²) in [5.41, 5.74) is 0.729. The van der Waals surface area contributed by atoms with Crippen LogP contribution in [0.25, 0.3) is 11.0 Å². The molecule has 0 unspecified atom stereocenters. The van der Waals surface area contributed by atoms with Crippen LogP contribution in [-0.4, -0.2) is 54.1 Å². The Morgan fingerprint density at radius 3 is 2.38 bits per heavy atom. The Balaban J connectivity index is 1.26. The zero-order valence-electron chi connectivity index (χ0n) is 20.8. The molecule has 8 nitrogen and oxygen atoms in total. The van der Waals surface area contributed by atoms with Crippen molar-refractivity contribution in [3.8, 4) is 11.5 Å². The highest BCUT2D eigenvalue weighted by atomic mass is 35.5. The van der Waals surface area contributed by atoms with E-state index in [1.807, 2.05) is 6.07 Å². The number of carbonyl (C=O) groups is 1. The largest absolute Gasteiger partial charge is 0.457 e. The number of anilines is 3. The van der Waals surface area contributed by atoms with Gasteiger partial charge < -0.3 is 25.2 Å². The summed E-state index contributed by atoms with van der Waals surface area (Å²) in [6, 6.07) is 14.4. The Bertz CT molecular complexity index is 1510. The van der Waals surface area contributed by atoms with E-state index in [2.05, 4.69) is 32.5 Å². The monoisotopic (exact) mass is 556 g/mol. The number of ether oxygens (including phenoxy) is 1. The zero-order valence-corrected chi connectivity index (χ0v) is 21.6. The van der Waals surface area contributed by atoms with Crippen LogP contribution in [0.15, 0.2) is 66.9 Å². The third kappa shape index (κ3) is 6.50. The van der Waals surface area contributed by atoms with Crippen molar-refractivity contribution in [3.63, 3.8) is 0 Å². The van der Waals surface area contributed by atoms with Crippen LogP contribution in [0.2, 0.25) is 5.02 Å². The molecule has 0 spiro atoms. The SMILES string of the molecule is CN1CCN(c2cnc3ccc(Oc4cccc(NC(=O)Nc5ccc(Cl)c(C(F)(F)F)c5)c4)cc3n2)CC1. The van der Waals surface area contributed by atoms with Gasteiger partial charge in [0.2, 0.25) is 0 Å². The molecule has 1 aromatic heterocycles. The molecule has 0 aliphatic carbocycles. The van der Waals surface area contributed by atoms with Crippen LogP contribution in [0.5, 0.6) is 11.5 Å². The summed E-state index contributed by atoms with van der Waals surface area (Å²) in [6.07, 6.45) is -2.86. The summed E-state index contributed by atoms with van der Waals surface area (Å²) in [7, 11) is 2.09. The molecule has 1 aliphatic heterocycles. The molecule has 12 heteroatoms. The highest BCUT2D eigenvalue weighted by Gasteiger charge is 2.33. The van der Waals surface area contributed by atoms with Crippen LogP contribution >= 0.6 is 11.6 Å². The zero-order chi connectivity index (χ0) is 27.6. The molecule has 2 heterocycles. The van der Waals surface area contributed by atoms with Crippen molar-refractivity contribution in [1.29, 1.82) is 0 Å². The number of halogens is 4. The molecule has 1 saturated heterocycles. The number of hydrogen-bond acceptors (Lipinski definition) is 6. The van der Waals surface area contributed by atoms with Crippen molar-refractivity contribution >= 4 is 45.9 Å². The van der Waals surface area contributed by atoms with Crippen LogP contribution in [-0.2, 0) is 6.18 Å². The topological polar surface area (TPSA) is 82.6 Å². The number of aromatic nitrogens is 2. The molecule has 0 atom stereocenters. The highest BCUT2D eigenvalue weighted by Crippen LogP contribution is 2.36. The molecule has 2 N–H and O–H groups in total.